The van der Waals surface area contributed by atoms with Crippen molar-refractivity contribution in [1.82, 2.24) is 4.90 Å². The molecule has 0 aromatic heterocycles. The van der Waals surface area contributed by atoms with Gasteiger partial charge in [0, 0.05) is 30.3 Å². The highest BCUT2D eigenvalue weighted by Gasteiger charge is 2.44. The number of ether oxygens (including phenoxy) is 1. The summed E-state index contributed by atoms with van der Waals surface area (Å²) in [5.41, 5.74) is 3.46. The Kier molecular flexibility index (Phi) is 7.72. The fraction of sp³-hybridized carbons (Fsp3) is 0.323. The lowest BCUT2D eigenvalue weighted by atomic mass is 9.89. The van der Waals surface area contributed by atoms with Crippen molar-refractivity contribution in [2.24, 2.45) is 5.92 Å². The molecule has 1 heterocycles. The first-order valence-electron chi connectivity index (χ1n) is 13.3. The summed E-state index contributed by atoms with van der Waals surface area (Å²) in [7, 11) is 0. The van der Waals surface area contributed by atoms with Crippen molar-refractivity contribution in [2.75, 3.05) is 25.0 Å². The van der Waals surface area contributed by atoms with E-state index in [-0.39, 0.29) is 23.7 Å². The van der Waals surface area contributed by atoms with Gasteiger partial charge in [-0.25, -0.2) is 13.6 Å². The van der Waals surface area contributed by atoms with Gasteiger partial charge in [0.1, 0.15) is 0 Å². The molecule has 2 unspecified atom stereocenters. The second kappa shape index (κ2) is 11.4. The van der Waals surface area contributed by atoms with Crippen LogP contribution in [0.25, 0.3) is 0 Å². The van der Waals surface area contributed by atoms with Crippen LogP contribution < -0.4 is 5.32 Å². The fourth-order valence-electron chi connectivity index (χ4n) is 5.23. The lowest BCUT2D eigenvalue weighted by Gasteiger charge is -2.32. The Labute approximate surface area is 226 Å². The van der Waals surface area contributed by atoms with Crippen molar-refractivity contribution < 1.29 is 27.9 Å². The van der Waals surface area contributed by atoms with E-state index >= 15 is 0 Å². The molecule has 2 amide bonds. The number of piperidine rings is 1. The minimum atomic E-state index is -0.894. The first-order chi connectivity index (χ1) is 18.8. The van der Waals surface area contributed by atoms with Crippen LogP contribution in [-0.4, -0.2) is 42.4 Å². The molecule has 39 heavy (non-hydrogen) atoms. The molecule has 5 rings (SSSR count). The van der Waals surface area contributed by atoms with Crippen molar-refractivity contribution >= 4 is 23.5 Å². The number of amides is 2. The third-order valence-electron chi connectivity index (χ3n) is 7.57. The van der Waals surface area contributed by atoms with Gasteiger partial charge >= 0.3 is 5.97 Å². The van der Waals surface area contributed by atoms with Crippen LogP contribution in [-0.2, 0) is 9.53 Å². The highest BCUT2D eigenvalue weighted by molar-refractivity contribution is 5.96. The van der Waals surface area contributed by atoms with E-state index in [1.54, 1.807) is 31.2 Å². The van der Waals surface area contributed by atoms with Gasteiger partial charge in [0.05, 0.1) is 12.2 Å². The summed E-state index contributed by atoms with van der Waals surface area (Å²) in [5.74, 6) is -2.40. The number of likely N-dealkylation sites (tertiary alicyclic amines) is 1. The largest absolute Gasteiger partial charge is 0.462 e. The predicted octanol–water partition coefficient (Wildman–Crippen LogP) is 5.90. The topological polar surface area (TPSA) is 75.7 Å². The van der Waals surface area contributed by atoms with Gasteiger partial charge < -0.3 is 15.0 Å². The van der Waals surface area contributed by atoms with E-state index in [1.165, 1.54) is 12.1 Å². The third kappa shape index (κ3) is 6.00. The van der Waals surface area contributed by atoms with E-state index in [1.807, 2.05) is 29.2 Å². The summed E-state index contributed by atoms with van der Waals surface area (Å²) in [6.45, 7) is 3.32. The maximum atomic E-state index is 13.5. The second-order valence-electron chi connectivity index (χ2n) is 10.1. The number of nitrogens with zero attached hydrogens (tertiary/aromatic N) is 1. The number of nitrogens with one attached hydrogen (secondary N) is 1. The van der Waals surface area contributed by atoms with Crippen LogP contribution >= 0.6 is 0 Å². The quantitative estimate of drug-likeness (QED) is 0.384. The van der Waals surface area contributed by atoms with Gasteiger partial charge in [-0.15, -0.1) is 0 Å². The number of carbonyl (C=O) groups excluding carboxylic acids is 3. The van der Waals surface area contributed by atoms with Gasteiger partial charge in [0.15, 0.2) is 11.6 Å². The first-order valence-corrected chi connectivity index (χ1v) is 13.3. The summed E-state index contributed by atoms with van der Waals surface area (Å²) in [5, 5.41) is 2.93. The molecule has 202 valence electrons. The summed E-state index contributed by atoms with van der Waals surface area (Å²) < 4.78 is 31.7. The van der Waals surface area contributed by atoms with Gasteiger partial charge in [-0.05, 0) is 97.7 Å². The Morgan fingerprint density at radius 3 is 2.15 bits per heavy atom. The molecule has 3 aromatic rings. The minimum absolute atomic E-state index is 0.0522. The van der Waals surface area contributed by atoms with Crippen molar-refractivity contribution in [3.8, 4) is 0 Å². The zero-order valence-corrected chi connectivity index (χ0v) is 21.7. The summed E-state index contributed by atoms with van der Waals surface area (Å²) in [4.78, 5) is 39.3. The Bertz CT molecular complexity index is 1370. The van der Waals surface area contributed by atoms with Crippen LogP contribution in [0.3, 0.4) is 0 Å². The van der Waals surface area contributed by atoms with Crippen LogP contribution in [0.15, 0.2) is 66.7 Å². The van der Waals surface area contributed by atoms with Gasteiger partial charge in [0.25, 0.3) is 5.91 Å². The number of hydrogen-bond acceptors (Lipinski definition) is 4. The summed E-state index contributed by atoms with van der Waals surface area (Å²) in [6, 6.07) is 18.1. The van der Waals surface area contributed by atoms with E-state index in [0.717, 1.165) is 24.5 Å². The van der Waals surface area contributed by atoms with E-state index < -0.39 is 17.6 Å². The number of benzene rings is 3. The Hall–Kier alpha value is -4.07. The molecule has 0 spiro atoms. The van der Waals surface area contributed by atoms with Gasteiger partial charge in [-0.1, -0.05) is 18.2 Å². The van der Waals surface area contributed by atoms with E-state index in [4.69, 9.17) is 4.74 Å². The van der Waals surface area contributed by atoms with Crippen LogP contribution in [0.5, 0.6) is 0 Å². The second-order valence-corrected chi connectivity index (χ2v) is 10.1. The highest BCUT2D eigenvalue weighted by atomic mass is 19.2. The maximum Gasteiger partial charge on any atom is 0.338 e. The molecule has 2 fully saturated rings. The molecule has 2 atom stereocenters. The highest BCUT2D eigenvalue weighted by Crippen LogP contribution is 2.48. The average molecular weight is 533 g/mol. The van der Waals surface area contributed by atoms with Gasteiger partial charge in [-0.2, -0.15) is 0 Å². The molecule has 6 nitrogen and oxygen atoms in total. The lowest BCUT2D eigenvalue weighted by molar-refractivity contribution is -0.117. The summed E-state index contributed by atoms with van der Waals surface area (Å²) in [6.07, 6.45) is 2.27. The Morgan fingerprint density at radius 2 is 1.51 bits per heavy atom. The standard InChI is InChI=1S/C31H30F2N2O4/c1-2-39-31(38)22-5-3-21(4-6-22)30(37)35-15-13-20(14-16-35)19-7-10-24(11-8-19)34-29(36)26-18-25(26)23-9-12-27(32)28(33)17-23/h3-12,17,20,25-26H,2,13-16,18H2,1H3,(H,34,36). The molecular weight excluding hydrogens is 502 g/mol. The first kappa shape index (κ1) is 26.5. The van der Waals surface area contributed by atoms with Crippen molar-refractivity contribution in [3.63, 3.8) is 0 Å². The molecule has 2 aliphatic rings. The van der Waals surface area contributed by atoms with Crippen molar-refractivity contribution in [1.29, 1.82) is 0 Å². The van der Waals surface area contributed by atoms with Crippen molar-refractivity contribution in [2.45, 2.75) is 38.0 Å². The Morgan fingerprint density at radius 1 is 0.872 bits per heavy atom. The van der Waals surface area contributed by atoms with Crippen LogP contribution in [0.1, 0.15) is 69.9 Å². The normalized spacial score (nSPS) is 18.9. The zero-order chi connectivity index (χ0) is 27.5. The monoisotopic (exact) mass is 532 g/mol. The molecule has 1 aliphatic carbocycles. The smallest absolute Gasteiger partial charge is 0.338 e. The molecule has 1 saturated carbocycles. The molecule has 0 bridgehead atoms. The predicted molar refractivity (Wildman–Crippen MR) is 143 cm³/mol. The molecule has 3 aromatic carbocycles. The third-order valence-corrected chi connectivity index (χ3v) is 7.57. The lowest BCUT2D eigenvalue weighted by Crippen LogP contribution is -2.37. The minimum Gasteiger partial charge on any atom is -0.462 e. The summed E-state index contributed by atoms with van der Waals surface area (Å²) >= 11 is 0. The SMILES string of the molecule is CCOC(=O)c1ccc(C(=O)N2CCC(c3ccc(NC(=O)C4CC4c4ccc(F)c(F)c4)cc3)CC2)cc1. The molecule has 1 N–H and O–H groups in total. The number of rotatable bonds is 7. The van der Waals surface area contributed by atoms with Crippen LogP contribution in [0, 0.1) is 17.6 Å². The molecular formula is C31H30F2N2O4. The molecule has 0 radical (unpaired) electrons. The molecule has 1 aliphatic heterocycles. The number of carbonyl (C=O) groups is 3. The number of anilines is 1. The number of hydrogen-bond donors (Lipinski definition) is 1. The Balaban J connectivity index is 1.11. The van der Waals surface area contributed by atoms with Gasteiger partial charge in [0.2, 0.25) is 5.91 Å². The maximum absolute atomic E-state index is 13.5. The van der Waals surface area contributed by atoms with E-state index in [9.17, 15) is 23.2 Å². The van der Waals surface area contributed by atoms with Crippen LogP contribution in [0.2, 0.25) is 0 Å². The number of esters is 1. The fourth-order valence-corrected chi connectivity index (χ4v) is 5.23. The molecule has 8 heteroatoms. The average Bonchev–Trinajstić information content (AvgIpc) is 3.76. The van der Waals surface area contributed by atoms with E-state index in [0.29, 0.717) is 54.4 Å². The van der Waals surface area contributed by atoms with Crippen molar-refractivity contribution in [3.05, 3.63) is 101 Å². The molecule has 1 saturated heterocycles. The van der Waals surface area contributed by atoms with E-state index in [2.05, 4.69) is 5.32 Å². The van der Waals surface area contributed by atoms with Crippen LogP contribution in [0.4, 0.5) is 14.5 Å². The zero-order valence-electron chi connectivity index (χ0n) is 21.7. The van der Waals surface area contributed by atoms with Gasteiger partial charge in [-0.3, -0.25) is 9.59 Å². The number of halogens is 2.